The molecule has 0 amide bonds. The molecule has 0 saturated heterocycles. The van der Waals surface area contributed by atoms with Gasteiger partial charge in [-0.25, -0.2) is 0 Å². The zero-order valence-electron chi connectivity index (χ0n) is 7.89. The Labute approximate surface area is 66.1 Å². The standard InChI is InChI=1S/C8H18NP/c1-7(2,3)9-10-8(4,5)6/h1-6H3. The maximum atomic E-state index is 4.50. The highest BCUT2D eigenvalue weighted by atomic mass is 31.1. The smallest absolute Gasteiger partial charge is 0.0567 e. The molecule has 1 nitrogen and oxygen atoms in total. The predicted molar refractivity (Wildman–Crippen MR) is 48.9 cm³/mol. The highest BCUT2D eigenvalue weighted by Crippen LogP contribution is 2.27. The van der Waals surface area contributed by atoms with Crippen LogP contribution in [-0.4, -0.2) is 10.7 Å². The molecule has 2 heteroatoms. The van der Waals surface area contributed by atoms with Crippen LogP contribution in [0.3, 0.4) is 0 Å². The van der Waals surface area contributed by atoms with Crippen molar-refractivity contribution in [2.45, 2.75) is 52.2 Å². The summed E-state index contributed by atoms with van der Waals surface area (Å²) in [5.74, 6) is 0. The van der Waals surface area contributed by atoms with E-state index in [-0.39, 0.29) is 5.54 Å². The Hall–Kier alpha value is 0.100. The van der Waals surface area contributed by atoms with E-state index in [1.165, 1.54) is 8.37 Å². The van der Waals surface area contributed by atoms with Crippen LogP contribution in [0.25, 0.3) is 0 Å². The Morgan fingerprint density at radius 2 is 1.30 bits per heavy atom. The fraction of sp³-hybridized carbons (Fsp3) is 1.00. The largest absolute Gasteiger partial charge is 0.262 e. The molecule has 0 aliphatic carbocycles. The summed E-state index contributed by atoms with van der Waals surface area (Å²) in [5, 5.41) is 0.313. The van der Waals surface area contributed by atoms with Gasteiger partial charge < -0.3 is 0 Å². The Morgan fingerprint density at radius 1 is 0.900 bits per heavy atom. The minimum atomic E-state index is 0.120. The highest BCUT2D eigenvalue weighted by Gasteiger charge is 2.10. The van der Waals surface area contributed by atoms with Crippen LogP contribution in [0.1, 0.15) is 41.5 Å². The molecule has 0 fully saturated rings. The third-order valence-electron chi connectivity index (χ3n) is 0.650. The second-order valence-corrected chi connectivity index (χ2v) is 6.28. The van der Waals surface area contributed by atoms with E-state index in [4.69, 9.17) is 0 Å². The molecule has 0 aromatic heterocycles. The molecule has 0 rings (SSSR count). The van der Waals surface area contributed by atoms with Crippen LogP contribution in [0.15, 0.2) is 4.74 Å². The molecular formula is C8H18NP. The summed E-state index contributed by atoms with van der Waals surface area (Å²) in [6.45, 7) is 13.0. The molecule has 0 N–H and O–H groups in total. The van der Waals surface area contributed by atoms with E-state index in [9.17, 15) is 0 Å². The van der Waals surface area contributed by atoms with Gasteiger partial charge in [-0.3, -0.25) is 4.74 Å². The Morgan fingerprint density at radius 3 is 1.40 bits per heavy atom. The molecule has 0 atom stereocenters. The monoisotopic (exact) mass is 159 g/mol. The van der Waals surface area contributed by atoms with Gasteiger partial charge >= 0.3 is 0 Å². The van der Waals surface area contributed by atoms with Crippen molar-refractivity contribution in [2.75, 3.05) is 0 Å². The molecule has 0 unspecified atom stereocenters. The van der Waals surface area contributed by atoms with Crippen LogP contribution in [0, 0.1) is 0 Å². The molecule has 0 aliphatic rings. The van der Waals surface area contributed by atoms with Crippen molar-refractivity contribution >= 4 is 8.37 Å². The summed E-state index contributed by atoms with van der Waals surface area (Å²) in [4.78, 5) is 0. The molecule has 0 bridgehead atoms. The Bertz CT molecular complexity index is 109. The van der Waals surface area contributed by atoms with Gasteiger partial charge in [0.15, 0.2) is 0 Å². The first-order valence-electron chi connectivity index (χ1n) is 3.65. The van der Waals surface area contributed by atoms with Crippen molar-refractivity contribution in [2.24, 2.45) is 4.74 Å². The van der Waals surface area contributed by atoms with Gasteiger partial charge in [0.1, 0.15) is 0 Å². The number of hydrogen-bond donors (Lipinski definition) is 0. The van der Waals surface area contributed by atoms with E-state index in [2.05, 4.69) is 46.3 Å². The van der Waals surface area contributed by atoms with Crippen molar-refractivity contribution in [1.29, 1.82) is 0 Å². The average Bonchev–Trinajstić information content (AvgIpc) is 1.57. The summed E-state index contributed by atoms with van der Waals surface area (Å²) < 4.78 is 4.50. The maximum Gasteiger partial charge on any atom is 0.0567 e. The van der Waals surface area contributed by atoms with E-state index in [1.807, 2.05) is 0 Å². The first-order chi connectivity index (χ1) is 4.21. The van der Waals surface area contributed by atoms with Crippen LogP contribution in [0.2, 0.25) is 0 Å². The SMILES string of the molecule is CC(C)(C)N=PC(C)(C)C. The van der Waals surface area contributed by atoms with E-state index in [1.54, 1.807) is 0 Å². The lowest BCUT2D eigenvalue weighted by Crippen LogP contribution is -2.09. The normalized spacial score (nSPS) is 14.6. The van der Waals surface area contributed by atoms with Gasteiger partial charge in [-0.2, -0.15) is 0 Å². The van der Waals surface area contributed by atoms with Gasteiger partial charge in [0.2, 0.25) is 0 Å². The van der Waals surface area contributed by atoms with E-state index < -0.39 is 0 Å². The van der Waals surface area contributed by atoms with Gasteiger partial charge in [0.05, 0.1) is 5.54 Å². The molecule has 0 radical (unpaired) electrons. The topological polar surface area (TPSA) is 12.4 Å². The molecule has 0 aliphatic heterocycles. The second kappa shape index (κ2) is 3.00. The Balaban J connectivity index is 4.01. The summed E-state index contributed by atoms with van der Waals surface area (Å²) >= 11 is 0. The lowest BCUT2D eigenvalue weighted by molar-refractivity contribution is 0.589. The molecule has 0 saturated carbocycles. The average molecular weight is 159 g/mol. The van der Waals surface area contributed by atoms with Crippen LogP contribution >= 0.6 is 8.37 Å². The first kappa shape index (κ1) is 10.1. The summed E-state index contributed by atoms with van der Waals surface area (Å²) in [5.41, 5.74) is 0.120. The zero-order valence-corrected chi connectivity index (χ0v) is 8.79. The summed E-state index contributed by atoms with van der Waals surface area (Å²) in [6.07, 6.45) is 0. The van der Waals surface area contributed by atoms with E-state index >= 15 is 0 Å². The van der Waals surface area contributed by atoms with Crippen LogP contribution in [0.5, 0.6) is 0 Å². The molecule has 60 valence electrons. The molecule has 10 heavy (non-hydrogen) atoms. The van der Waals surface area contributed by atoms with Crippen molar-refractivity contribution in [3.8, 4) is 0 Å². The van der Waals surface area contributed by atoms with Crippen molar-refractivity contribution in [3.05, 3.63) is 0 Å². The van der Waals surface area contributed by atoms with Gasteiger partial charge in [-0.05, 0) is 20.8 Å². The van der Waals surface area contributed by atoms with Gasteiger partial charge in [0, 0.05) is 13.5 Å². The lowest BCUT2D eigenvalue weighted by Gasteiger charge is -2.15. The second-order valence-electron chi connectivity index (χ2n) is 4.54. The van der Waals surface area contributed by atoms with Crippen molar-refractivity contribution < 1.29 is 0 Å². The minimum Gasteiger partial charge on any atom is -0.262 e. The molecule has 0 heterocycles. The fourth-order valence-corrected chi connectivity index (χ4v) is 0.900. The van der Waals surface area contributed by atoms with E-state index in [0.29, 0.717) is 5.16 Å². The number of hydrogen-bond acceptors (Lipinski definition) is 1. The van der Waals surface area contributed by atoms with Crippen molar-refractivity contribution in [3.63, 3.8) is 0 Å². The number of nitrogens with zero attached hydrogens (tertiary/aromatic N) is 1. The third-order valence-corrected chi connectivity index (χ3v) is 1.95. The minimum absolute atomic E-state index is 0.120. The van der Waals surface area contributed by atoms with Crippen LogP contribution < -0.4 is 0 Å². The molecule has 0 aromatic rings. The number of rotatable bonds is 0. The summed E-state index contributed by atoms with van der Waals surface area (Å²) in [6, 6.07) is 0. The van der Waals surface area contributed by atoms with Gasteiger partial charge in [-0.15, -0.1) is 0 Å². The molecule has 0 spiro atoms. The molecular weight excluding hydrogens is 141 g/mol. The molecule has 0 aromatic carbocycles. The third kappa shape index (κ3) is 8.10. The van der Waals surface area contributed by atoms with Crippen LogP contribution in [-0.2, 0) is 0 Å². The zero-order chi connectivity index (χ0) is 8.41. The lowest BCUT2D eigenvalue weighted by atomic mass is 10.1. The van der Waals surface area contributed by atoms with Gasteiger partial charge in [0.25, 0.3) is 0 Å². The first-order valence-corrected chi connectivity index (χ1v) is 4.49. The highest BCUT2D eigenvalue weighted by molar-refractivity contribution is 7.28. The van der Waals surface area contributed by atoms with Crippen LogP contribution in [0.4, 0.5) is 0 Å². The fourth-order valence-electron chi connectivity index (χ4n) is 0.300. The quantitative estimate of drug-likeness (QED) is 0.478. The summed E-state index contributed by atoms with van der Waals surface area (Å²) in [7, 11) is 1.19. The predicted octanol–water partition coefficient (Wildman–Crippen LogP) is 3.71. The van der Waals surface area contributed by atoms with Gasteiger partial charge in [-0.1, -0.05) is 20.8 Å². The maximum absolute atomic E-state index is 4.50. The van der Waals surface area contributed by atoms with E-state index in [0.717, 1.165) is 0 Å². The Kier molecular flexibility index (Phi) is 3.03. The van der Waals surface area contributed by atoms with Crippen molar-refractivity contribution in [1.82, 2.24) is 0 Å².